The summed E-state index contributed by atoms with van der Waals surface area (Å²) in [4.78, 5) is 50.4. The Morgan fingerprint density at radius 3 is 0.892 bits per heavy atom. The zero-order valence-corrected chi connectivity index (χ0v) is 44.0. The molecule has 1 amide bonds. The van der Waals surface area contributed by atoms with Crippen LogP contribution in [0.3, 0.4) is 0 Å². The monoisotopic (exact) mass is 938 g/mol. The van der Waals surface area contributed by atoms with E-state index in [9.17, 15) is 24.3 Å². The van der Waals surface area contributed by atoms with Gasteiger partial charge in [-0.25, -0.2) is 4.79 Å². The average molecular weight is 939 g/mol. The van der Waals surface area contributed by atoms with Crippen LogP contribution in [0, 0.1) is 0 Å². The van der Waals surface area contributed by atoms with Gasteiger partial charge in [-0.05, 0) is 19.3 Å². The molecule has 0 unspecified atom stereocenters. The van der Waals surface area contributed by atoms with E-state index in [1.807, 2.05) is 0 Å². The van der Waals surface area contributed by atoms with Crippen LogP contribution in [-0.4, -0.2) is 59.2 Å². The number of carboxylic acid groups (broad SMARTS) is 1. The van der Waals surface area contributed by atoms with Crippen LogP contribution in [0.4, 0.5) is 0 Å². The number of carboxylic acids is 1. The van der Waals surface area contributed by atoms with Crippen LogP contribution in [0.2, 0.25) is 0 Å². The standard InChI is InChI=1S/C56H107NO7S/c1-4-7-10-13-16-19-22-25-26-29-30-33-36-39-42-45-53(58)57-52(56(61)62)50-65-51(48-63-54(59)46-43-40-37-34-31-27-23-20-17-14-11-8-5-2)49-64-55(60)47-44-41-38-35-32-28-24-21-18-15-12-9-6-3/h51-52H,4-50H2,1-3H3,(H,57,58)(H,61,62)/t52-/m0/s1. The largest absolute Gasteiger partial charge is 0.480 e. The van der Waals surface area contributed by atoms with Crippen molar-refractivity contribution in [3.63, 3.8) is 0 Å². The summed E-state index contributed by atoms with van der Waals surface area (Å²) in [5.74, 6) is -1.80. The quantitative estimate of drug-likeness (QED) is 0.0457. The second-order valence-electron chi connectivity index (χ2n) is 19.5. The van der Waals surface area contributed by atoms with E-state index in [1.54, 1.807) is 0 Å². The van der Waals surface area contributed by atoms with Gasteiger partial charge in [0, 0.05) is 25.0 Å². The Hall–Kier alpha value is -1.77. The van der Waals surface area contributed by atoms with Gasteiger partial charge in [-0.2, -0.15) is 0 Å². The van der Waals surface area contributed by atoms with Gasteiger partial charge in [0.2, 0.25) is 5.91 Å². The van der Waals surface area contributed by atoms with Gasteiger partial charge in [0.25, 0.3) is 0 Å². The SMILES string of the molecule is CCCCCCCCCCCCCCCCCC(=O)N[C@@H](CSC(COC(=O)CCCCCCCCCCCCCCC)COC(=O)CCCCCCCCCCCCCCC)C(=O)O. The zero-order valence-electron chi connectivity index (χ0n) is 43.2. The fraction of sp³-hybridized carbons (Fsp3) is 0.929. The summed E-state index contributed by atoms with van der Waals surface area (Å²) in [6, 6.07) is -1.07. The van der Waals surface area contributed by atoms with Crippen molar-refractivity contribution >= 4 is 35.6 Å². The smallest absolute Gasteiger partial charge is 0.327 e. The molecule has 384 valence electrons. The molecule has 0 aromatic heterocycles. The number of hydrogen-bond acceptors (Lipinski definition) is 7. The lowest BCUT2D eigenvalue weighted by molar-refractivity contribution is -0.146. The number of carbonyl (C=O) groups excluding carboxylic acids is 3. The Kier molecular flexibility index (Phi) is 50.2. The minimum atomic E-state index is -1.10. The molecule has 1 atom stereocenters. The van der Waals surface area contributed by atoms with E-state index in [0.717, 1.165) is 57.8 Å². The van der Waals surface area contributed by atoms with E-state index in [2.05, 4.69) is 26.1 Å². The van der Waals surface area contributed by atoms with E-state index >= 15 is 0 Å². The molecule has 0 fully saturated rings. The van der Waals surface area contributed by atoms with Gasteiger partial charge in [-0.3, -0.25) is 14.4 Å². The fourth-order valence-electron chi connectivity index (χ4n) is 8.57. The van der Waals surface area contributed by atoms with Crippen molar-refractivity contribution in [1.29, 1.82) is 0 Å². The first-order valence-electron chi connectivity index (χ1n) is 28.3. The summed E-state index contributed by atoms with van der Waals surface area (Å²) in [6.45, 7) is 6.85. The summed E-state index contributed by atoms with van der Waals surface area (Å²) in [6.07, 6.45) is 51.9. The third-order valence-electron chi connectivity index (χ3n) is 13.0. The van der Waals surface area contributed by atoms with E-state index in [1.165, 1.54) is 217 Å². The lowest BCUT2D eigenvalue weighted by Gasteiger charge is -2.20. The number of esters is 2. The molecule has 0 saturated heterocycles. The number of rotatable bonds is 53. The third-order valence-corrected chi connectivity index (χ3v) is 14.2. The Labute approximate surface area is 406 Å². The molecular formula is C56H107NO7S. The highest BCUT2D eigenvalue weighted by Crippen LogP contribution is 2.19. The molecule has 0 aliphatic carbocycles. The summed E-state index contributed by atoms with van der Waals surface area (Å²) < 4.78 is 11.3. The van der Waals surface area contributed by atoms with Crippen LogP contribution < -0.4 is 5.32 Å². The molecule has 0 radical (unpaired) electrons. The topological polar surface area (TPSA) is 119 Å². The highest BCUT2D eigenvalue weighted by Gasteiger charge is 2.24. The molecule has 0 saturated carbocycles. The van der Waals surface area contributed by atoms with E-state index < -0.39 is 17.3 Å². The number of unbranched alkanes of at least 4 members (excludes halogenated alkanes) is 38. The maximum Gasteiger partial charge on any atom is 0.327 e. The van der Waals surface area contributed by atoms with Gasteiger partial charge in [0.1, 0.15) is 19.3 Å². The van der Waals surface area contributed by atoms with Crippen LogP contribution in [0.25, 0.3) is 0 Å². The summed E-state index contributed by atoms with van der Waals surface area (Å²) in [5.41, 5.74) is 0. The molecule has 2 N–H and O–H groups in total. The molecule has 65 heavy (non-hydrogen) atoms. The molecule has 8 nitrogen and oxygen atoms in total. The van der Waals surface area contributed by atoms with Gasteiger partial charge in [-0.1, -0.05) is 265 Å². The van der Waals surface area contributed by atoms with Gasteiger partial charge < -0.3 is 19.9 Å². The minimum absolute atomic E-state index is 0.0351. The van der Waals surface area contributed by atoms with Gasteiger partial charge in [0.05, 0.1) is 5.25 Å². The number of carbonyl (C=O) groups is 4. The third kappa shape index (κ3) is 48.5. The van der Waals surface area contributed by atoms with Gasteiger partial charge in [-0.15, -0.1) is 11.8 Å². The number of nitrogens with one attached hydrogen (secondary N) is 1. The second-order valence-corrected chi connectivity index (χ2v) is 20.8. The summed E-state index contributed by atoms with van der Waals surface area (Å²) in [7, 11) is 0. The molecule has 0 aliphatic rings. The van der Waals surface area contributed by atoms with E-state index in [4.69, 9.17) is 9.47 Å². The first-order valence-corrected chi connectivity index (χ1v) is 29.3. The molecule has 0 aromatic rings. The minimum Gasteiger partial charge on any atom is -0.480 e. The van der Waals surface area contributed by atoms with Crippen LogP contribution in [-0.2, 0) is 28.7 Å². The van der Waals surface area contributed by atoms with Crippen molar-refractivity contribution in [3.05, 3.63) is 0 Å². The number of aliphatic carboxylic acids is 1. The van der Waals surface area contributed by atoms with Crippen molar-refractivity contribution in [3.8, 4) is 0 Å². The maximum atomic E-state index is 12.8. The molecule has 0 heterocycles. The number of thioether (sulfide) groups is 1. The molecule has 0 aliphatic heterocycles. The molecule has 0 bridgehead atoms. The van der Waals surface area contributed by atoms with E-state index in [0.29, 0.717) is 19.3 Å². The Bertz CT molecular complexity index is 1010. The predicted octanol–water partition coefficient (Wildman–Crippen LogP) is 17.0. The summed E-state index contributed by atoms with van der Waals surface area (Å²) in [5, 5.41) is 12.3. The highest BCUT2D eigenvalue weighted by atomic mass is 32.2. The number of hydrogen-bond donors (Lipinski definition) is 2. The van der Waals surface area contributed by atoms with Crippen molar-refractivity contribution in [1.82, 2.24) is 5.32 Å². The Morgan fingerprint density at radius 2 is 0.631 bits per heavy atom. The van der Waals surface area contributed by atoms with Crippen LogP contribution in [0.1, 0.15) is 303 Å². The number of ether oxygens (including phenoxy) is 2. The highest BCUT2D eigenvalue weighted by molar-refractivity contribution is 8.00. The van der Waals surface area contributed by atoms with Crippen LogP contribution in [0.5, 0.6) is 0 Å². The maximum absolute atomic E-state index is 12.8. The Balaban J connectivity index is 4.59. The first kappa shape index (κ1) is 63.2. The van der Waals surface area contributed by atoms with E-state index in [-0.39, 0.29) is 36.8 Å². The van der Waals surface area contributed by atoms with Gasteiger partial charge >= 0.3 is 17.9 Å². The lowest BCUT2D eigenvalue weighted by Crippen LogP contribution is -2.43. The molecule has 0 spiro atoms. The predicted molar refractivity (Wildman–Crippen MR) is 278 cm³/mol. The molecule has 0 aromatic carbocycles. The summed E-state index contributed by atoms with van der Waals surface area (Å²) >= 11 is 1.28. The van der Waals surface area contributed by atoms with Crippen molar-refractivity contribution in [2.45, 2.75) is 315 Å². The fourth-order valence-corrected chi connectivity index (χ4v) is 9.58. The molecule has 0 rings (SSSR count). The zero-order chi connectivity index (χ0) is 47.5. The lowest BCUT2D eigenvalue weighted by atomic mass is 10.0. The average Bonchev–Trinajstić information content (AvgIpc) is 3.29. The van der Waals surface area contributed by atoms with Crippen LogP contribution in [0.15, 0.2) is 0 Å². The Morgan fingerprint density at radius 1 is 0.385 bits per heavy atom. The molecule has 9 heteroatoms. The normalized spacial score (nSPS) is 11.9. The van der Waals surface area contributed by atoms with Crippen molar-refractivity contribution < 1.29 is 33.8 Å². The van der Waals surface area contributed by atoms with Crippen LogP contribution >= 0.6 is 11.8 Å². The van der Waals surface area contributed by atoms with Crippen molar-refractivity contribution in [2.24, 2.45) is 0 Å². The van der Waals surface area contributed by atoms with Gasteiger partial charge in [0.15, 0.2) is 0 Å². The second kappa shape index (κ2) is 51.6. The molecular weight excluding hydrogens is 831 g/mol. The van der Waals surface area contributed by atoms with Crippen molar-refractivity contribution in [2.75, 3.05) is 19.0 Å². The first-order chi connectivity index (χ1) is 31.8. The number of amides is 1.